The lowest BCUT2D eigenvalue weighted by molar-refractivity contribution is 0.306. The number of halogens is 1. The van der Waals surface area contributed by atoms with Crippen LogP contribution in [0.25, 0.3) is 27.9 Å². The summed E-state index contributed by atoms with van der Waals surface area (Å²) in [4.78, 5) is 26.5. The summed E-state index contributed by atoms with van der Waals surface area (Å²) in [7, 11) is 2.99. The van der Waals surface area contributed by atoms with Crippen LogP contribution in [-0.4, -0.2) is 33.7 Å². The zero-order chi connectivity index (χ0) is 27.4. The summed E-state index contributed by atoms with van der Waals surface area (Å²) in [6.45, 7) is 2.39. The van der Waals surface area contributed by atoms with Crippen LogP contribution < -0.4 is 19.8 Å². The Morgan fingerprint density at radius 1 is 0.923 bits per heavy atom. The number of aryl methyl sites for hydroxylation is 1. The summed E-state index contributed by atoms with van der Waals surface area (Å²) in [5, 5.41) is 0.440. The molecule has 3 heterocycles. The third-order valence-electron chi connectivity index (χ3n) is 6.03. The summed E-state index contributed by atoms with van der Waals surface area (Å²) in [5.41, 5.74) is 4.74. The van der Waals surface area contributed by atoms with Crippen LogP contribution in [0.4, 0.5) is 0 Å². The fourth-order valence-electron chi connectivity index (χ4n) is 4.20. The zero-order valence-corrected chi connectivity index (χ0v) is 22.3. The minimum atomic E-state index is -0.257. The zero-order valence-electron chi connectivity index (χ0n) is 21.6. The first kappa shape index (κ1) is 25.9. The molecule has 5 rings (SSSR count). The van der Waals surface area contributed by atoms with Gasteiger partial charge < -0.3 is 14.2 Å². The van der Waals surface area contributed by atoms with E-state index in [1.807, 2.05) is 25.1 Å². The second kappa shape index (κ2) is 11.4. The maximum atomic E-state index is 13.8. The first-order chi connectivity index (χ1) is 18.9. The van der Waals surface area contributed by atoms with E-state index in [-0.39, 0.29) is 11.6 Å². The molecule has 9 heteroatoms. The second-order valence-corrected chi connectivity index (χ2v) is 9.20. The van der Waals surface area contributed by atoms with Crippen LogP contribution in [0, 0.1) is 6.92 Å². The third-order valence-corrected chi connectivity index (χ3v) is 6.25. The maximum absolute atomic E-state index is 13.8. The lowest BCUT2D eigenvalue weighted by Crippen LogP contribution is -2.20. The number of hydrogen-bond donors (Lipinski definition) is 0. The molecule has 0 saturated carbocycles. The molecule has 0 unspecified atom stereocenters. The van der Waals surface area contributed by atoms with Crippen molar-refractivity contribution in [3.05, 3.63) is 112 Å². The van der Waals surface area contributed by atoms with Crippen LogP contribution >= 0.6 is 11.6 Å². The number of aromatic nitrogens is 4. The molecule has 5 aromatic rings. The molecule has 0 aliphatic carbocycles. The first-order valence-corrected chi connectivity index (χ1v) is 12.4. The van der Waals surface area contributed by atoms with Crippen LogP contribution in [0.15, 0.2) is 90.2 Å². The molecule has 0 saturated heterocycles. The highest BCUT2D eigenvalue weighted by Gasteiger charge is 2.17. The lowest BCUT2D eigenvalue weighted by Gasteiger charge is -2.15. The van der Waals surface area contributed by atoms with E-state index in [1.165, 1.54) is 18.8 Å². The van der Waals surface area contributed by atoms with Crippen molar-refractivity contribution in [2.75, 3.05) is 14.2 Å². The van der Waals surface area contributed by atoms with Gasteiger partial charge in [-0.2, -0.15) is 4.98 Å². The Morgan fingerprint density at radius 2 is 1.79 bits per heavy atom. The van der Waals surface area contributed by atoms with E-state index in [2.05, 4.69) is 21.0 Å². The Labute approximate surface area is 230 Å². The molecule has 0 radical (unpaired) electrons. The fraction of sp³-hybridized carbons (Fsp3) is 0.133. The van der Waals surface area contributed by atoms with Gasteiger partial charge in [0, 0.05) is 34.7 Å². The van der Waals surface area contributed by atoms with Crippen LogP contribution in [0.3, 0.4) is 0 Å². The highest BCUT2D eigenvalue weighted by Crippen LogP contribution is 2.33. The summed E-state index contributed by atoms with van der Waals surface area (Å²) in [6, 6.07) is 18.8. The molecule has 0 aliphatic heterocycles. The topological polar surface area (TPSA) is 88.4 Å². The molecule has 0 amide bonds. The van der Waals surface area contributed by atoms with Gasteiger partial charge in [-0.1, -0.05) is 41.4 Å². The van der Waals surface area contributed by atoms with Crippen molar-refractivity contribution >= 4 is 11.6 Å². The number of benzene rings is 2. The van der Waals surface area contributed by atoms with Crippen LogP contribution in [0.1, 0.15) is 11.1 Å². The highest BCUT2D eigenvalue weighted by molar-refractivity contribution is 6.31. The number of nitrogens with zero attached hydrogens (tertiary/aromatic N) is 4. The van der Waals surface area contributed by atoms with Crippen molar-refractivity contribution in [3.63, 3.8) is 0 Å². The van der Waals surface area contributed by atoms with Gasteiger partial charge in [0.2, 0.25) is 5.88 Å². The molecule has 0 N–H and O–H groups in total. The molecule has 0 spiro atoms. The van der Waals surface area contributed by atoms with Crippen LogP contribution in [-0.2, 0) is 6.61 Å². The van der Waals surface area contributed by atoms with Gasteiger partial charge in [-0.15, -0.1) is 0 Å². The van der Waals surface area contributed by atoms with E-state index in [9.17, 15) is 4.79 Å². The molecule has 0 bridgehead atoms. The Morgan fingerprint density at radius 3 is 2.54 bits per heavy atom. The molecule has 0 fully saturated rings. The number of pyridine rings is 2. The van der Waals surface area contributed by atoms with E-state index in [1.54, 1.807) is 61.2 Å². The van der Waals surface area contributed by atoms with Crippen molar-refractivity contribution in [1.29, 1.82) is 0 Å². The lowest BCUT2D eigenvalue weighted by atomic mass is 10.0. The number of methoxy groups -OCH3 is 2. The van der Waals surface area contributed by atoms with E-state index in [4.69, 9.17) is 25.8 Å². The minimum absolute atomic E-state index is 0.168. The van der Waals surface area contributed by atoms with Gasteiger partial charge in [0.1, 0.15) is 12.4 Å². The van der Waals surface area contributed by atoms with E-state index < -0.39 is 0 Å². The maximum Gasteiger partial charge on any atom is 0.319 e. The number of rotatable bonds is 8. The van der Waals surface area contributed by atoms with Crippen molar-refractivity contribution < 1.29 is 14.2 Å². The second-order valence-electron chi connectivity index (χ2n) is 8.76. The monoisotopic (exact) mass is 540 g/mol. The first-order valence-electron chi connectivity index (χ1n) is 12.1. The largest absolute Gasteiger partial charge is 0.489 e. The standard InChI is InChI=1S/C30H25ClN4O4/c1-19-6-4-7-20(10-19)18-39-25-12-21(11-23(31)14-25)26-13-22(27-16-33-30(38-3)34-28(27)37-2)17-35(29(26)36)24-8-5-9-32-15-24/h4-17H,18H2,1-3H3. The van der Waals surface area contributed by atoms with E-state index in [0.29, 0.717) is 51.2 Å². The van der Waals surface area contributed by atoms with Gasteiger partial charge in [0.05, 0.1) is 31.7 Å². The summed E-state index contributed by atoms with van der Waals surface area (Å²) >= 11 is 6.50. The van der Waals surface area contributed by atoms with E-state index in [0.717, 1.165) is 11.1 Å². The van der Waals surface area contributed by atoms with Crippen LogP contribution in [0.5, 0.6) is 17.6 Å². The van der Waals surface area contributed by atoms with Gasteiger partial charge in [0.15, 0.2) is 0 Å². The molecular weight excluding hydrogens is 516 g/mol. The molecule has 3 aromatic heterocycles. The smallest absolute Gasteiger partial charge is 0.319 e. The Bertz CT molecular complexity index is 1690. The molecule has 8 nitrogen and oxygen atoms in total. The summed E-state index contributed by atoms with van der Waals surface area (Å²) in [6.07, 6.45) is 6.56. The van der Waals surface area contributed by atoms with Gasteiger partial charge in [0.25, 0.3) is 5.56 Å². The molecular formula is C30H25ClN4O4. The predicted octanol–water partition coefficient (Wildman–Crippen LogP) is 5.91. The average Bonchev–Trinajstić information content (AvgIpc) is 2.96. The number of hydrogen-bond acceptors (Lipinski definition) is 7. The predicted molar refractivity (Wildman–Crippen MR) is 150 cm³/mol. The number of ether oxygens (including phenoxy) is 3. The van der Waals surface area contributed by atoms with E-state index >= 15 is 0 Å². The summed E-state index contributed by atoms with van der Waals surface area (Å²) < 4.78 is 18.2. The van der Waals surface area contributed by atoms with Gasteiger partial charge in [-0.3, -0.25) is 14.3 Å². The SMILES string of the molecule is COc1ncc(-c2cc(-c3cc(Cl)cc(OCc4cccc(C)c4)c3)c(=O)n(-c3cccnc3)c2)c(OC)n1. The van der Waals surface area contributed by atoms with Gasteiger partial charge >= 0.3 is 6.01 Å². The molecule has 196 valence electrons. The Balaban J connectivity index is 1.64. The third kappa shape index (κ3) is 5.76. The normalized spacial score (nSPS) is 10.8. The Hall–Kier alpha value is -4.69. The fourth-order valence-corrected chi connectivity index (χ4v) is 4.42. The average molecular weight is 541 g/mol. The highest BCUT2D eigenvalue weighted by atomic mass is 35.5. The molecule has 0 atom stereocenters. The minimum Gasteiger partial charge on any atom is -0.489 e. The molecule has 0 aliphatic rings. The van der Waals surface area contributed by atoms with Crippen molar-refractivity contribution in [3.8, 4) is 45.6 Å². The van der Waals surface area contributed by atoms with Crippen molar-refractivity contribution in [2.45, 2.75) is 13.5 Å². The van der Waals surface area contributed by atoms with Crippen molar-refractivity contribution in [2.24, 2.45) is 0 Å². The van der Waals surface area contributed by atoms with Gasteiger partial charge in [-0.05, 0) is 54.4 Å². The quantitative estimate of drug-likeness (QED) is 0.241. The Kier molecular flexibility index (Phi) is 7.56. The summed E-state index contributed by atoms with van der Waals surface area (Å²) in [5.74, 6) is 0.847. The van der Waals surface area contributed by atoms with Crippen molar-refractivity contribution in [1.82, 2.24) is 19.5 Å². The van der Waals surface area contributed by atoms with Gasteiger partial charge in [-0.25, -0.2) is 4.98 Å². The molecule has 39 heavy (non-hydrogen) atoms. The molecule has 2 aromatic carbocycles. The van der Waals surface area contributed by atoms with Crippen LogP contribution in [0.2, 0.25) is 5.02 Å².